The van der Waals surface area contributed by atoms with Crippen molar-refractivity contribution in [3.8, 4) is 11.1 Å². The summed E-state index contributed by atoms with van der Waals surface area (Å²) in [5, 5.41) is 8.83. The van der Waals surface area contributed by atoms with Gasteiger partial charge in [-0.2, -0.15) is 0 Å². The second-order valence-electron chi connectivity index (χ2n) is 11.2. The van der Waals surface area contributed by atoms with Gasteiger partial charge in [0.05, 0.1) is 26.4 Å². The van der Waals surface area contributed by atoms with E-state index >= 15 is 0 Å². The van der Waals surface area contributed by atoms with Gasteiger partial charge in [-0.1, -0.05) is 90.5 Å². The number of ether oxygens (including phenoxy) is 3. The van der Waals surface area contributed by atoms with Gasteiger partial charge in [-0.05, 0) is 42.5 Å². The van der Waals surface area contributed by atoms with E-state index in [2.05, 4.69) is 0 Å². The van der Waals surface area contributed by atoms with Crippen molar-refractivity contribution in [3.63, 3.8) is 0 Å². The number of hydrogen-bond donors (Lipinski definition) is 1. The Labute approximate surface area is 268 Å². The predicted octanol–water partition coefficient (Wildman–Crippen LogP) is 5.97. The highest BCUT2D eigenvalue weighted by molar-refractivity contribution is 6.12. The first-order valence-electron chi connectivity index (χ1n) is 15.5. The van der Waals surface area contributed by atoms with Crippen LogP contribution >= 0.6 is 0 Å². The molecule has 1 aliphatic rings. The fraction of sp³-hybridized carbons (Fsp3) is 0.324. The molecule has 2 amide bonds. The number of hydrogen-bond acceptors (Lipinski definition) is 8. The molecule has 240 valence electrons. The van der Waals surface area contributed by atoms with Gasteiger partial charge in [0.1, 0.15) is 24.3 Å². The Balaban J connectivity index is 1.43. The van der Waals surface area contributed by atoms with Gasteiger partial charge in [-0.3, -0.25) is 9.59 Å². The van der Waals surface area contributed by atoms with Crippen LogP contribution in [0.5, 0.6) is 0 Å². The summed E-state index contributed by atoms with van der Waals surface area (Å²) in [5.41, 5.74) is 4.25. The van der Waals surface area contributed by atoms with Crippen molar-refractivity contribution in [2.75, 3.05) is 39.6 Å². The average Bonchev–Trinajstić information content (AvgIpc) is 3.69. The maximum atomic E-state index is 14.3. The third-order valence-corrected chi connectivity index (χ3v) is 7.87. The summed E-state index contributed by atoms with van der Waals surface area (Å²) >= 11 is 0. The van der Waals surface area contributed by atoms with Crippen molar-refractivity contribution >= 4 is 17.8 Å². The first kappa shape index (κ1) is 32.8. The molecule has 1 aromatic heterocycles. The summed E-state index contributed by atoms with van der Waals surface area (Å²) in [6.45, 7) is 3.49. The van der Waals surface area contributed by atoms with Crippen molar-refractivity contribution in [3.05, 3.63) is 119 Å². The first-order chi connectivity index (χ1) is 22.5. The molecule has 0 unspecified atom stereocenters. The Bertz CT molecular complexity index is 1600. The lowest BCUT2D eigenvalue weighted by atomic mass is 9.91. The van der Waals surface area contributed by atoms with Crippen LogP contribution in [0.2, 0.25) is 0 Å². The molecule has 1 N–H and O–H groups in total. The van der Waals surface area contributed by atoms with E-state index in [1.165, 1.54) is 0 Å². The molecule has 0 saturated carbocycles. The highest BCUT2D eigenvalue weighted by Crippen LogP contribution is 2.34. The van der Waals surface area contributed by atoms with Crippen LogP contribution in [-0.4, -0.2) is 67.4 Å². The van der Waals surface area contributed by atoms with E-state index in [0.717, 1.165) is 32.7 Å². The van der Waals surface area contributed by atoms with Crippen LogP contribution in [0.3, 0.4) is 0 Å². The standard InChI is InChI=1S/C37H39NO8/c1-26-10-8-15-29(22-26)30-24-34(46-33(30)16-9-18-43-20-21-44-19-17-39)35(40)31(23-27-11-4-2-5-12-27)36(41)38-32(25-45-37(38)42)28-13-6-3-7-14-28/h2-8,10-15,22,24,31-32,39H,9,16-21,23,25H2,1H3/t31-,32+/m1/s1. The summed E-state index contributed by atoms with van der Waals surface area (Å²) < 4.78 is 22.5. The van der Waals surface area contributed by atoms with Crippen molar-refractivity contribution < 1.29 is 38.1 Å². The Morgan fingerprint density at radius 1 is 0.913 bits per heavy atom. The highest BCUT2D eigenvalue weighted by Gasteiger charge is 2.44. The van der Waals surface area contributed by atoms with Gasteiger partial charge >= 0.3 is 6.09 Å². The number of imide groups is 1. The van der Waals surface area contributed by atoms with Crippen LogP contribution in [-0.2, 0) is 31.8 Å². The molecular weight excluding hydrogens is 586 g/mol. The van der Waals surface area contributed by atoms with Gasteiger partial charge in [-0.15, -0.1) is 0 Å². The number of nitrogens with zero attached hydrogens (tertiary/aromatic N) is 1. The van der Waals surface area contributed by atoms with Crippen LogP contribution in [0.25, 0.3) is 11.1 Å². The molecule has 4 aromatic rings. The zero-order valence-electron chi connectivity index (χ0n) is 25.9. The average molecular weight is 626 g/mol. The molecule has 1 aliphatic heterocycles. The molecule has 1 saturated heterocycles. The molecule has 0 radical (unpaired) electrons. The molecule has 0 spiro atoms. The minimum Gasteiger partial charge on any atom is -0.457 e. The number of carbonyl (C=O) groups excluding carboxylic acids is 3. The van der Waals surface area contributed by atoms with E-state index in [-0.39, 0.29) is 32.0 Å². The largest absolute Gasteiger partial charge is 0.457 e. The van der Waals surface area contributed by atoms with Crippen LogP contribution in [0.4, 0.5) is 4.79 Å². The topological polar surface area (TPSA) is 116 Å². The van der Waals surface area contributed by atoms with Crippen molar-refractivity contribution in [2.24, 2.45) is 5.92 Å². The lowest BCUT2D eigenvalue weighted by Gasteiger charge is -2.24. The summed E-state index contributed by atoms with van der Waals surface area (Å²) in [5.74, 6) is -1.67. The molecule has 5 rings (SSSR count). The summed E-state index contributed by atoms with van der Waals surface area (Å²) in [6, 6.07) is 27.4. The van der Waals surface area contributed by atoms with Crippen LogP contribution < -0.4 is 0 Å². The lowest BCUT2D eigenvalue weighted by Crippen LogP contribution is -2.42. The van der Waals surface area contributed by atoms with Crippen molar-refractivity contribution in [1.29, 1.82) is 0 Å². The van der Waals surface area contributed by atoms with E-state index < -0.39 is 29.7 Å². The van der Waals surface area contributed by atoms with Crippen LogP contribution in [0.15, 0.2) is 95.4 Å². The number of aliphatic hydroxyl groups is 1. The highest BCUT2D eigenvalue weighted by atomic mass is 16.6. The van der Waals surface area contributed by atoms with E-state index in [9.17, 15) is 14.4 Å². The van der Waals surface area contributed by atoms with E-state index in [1.807, 2.05) is 91.9 Å². The second kappa shape index (κ2) is 16.1. The SMILES string of the molecule is Cc1cccc(-c2cc(C(=O)[C@@H](Cc3ccccc3)C(=O)N3C(=O)OC[C@H]3c3ccccc3)oc2CCCOCCOCCO)c1. The van der Waals surface area contributed by atoms with Gasteiger partial charge in [0.15, 0.2) is 5.76 Å². The molecular formula is C37H39NO8. The lowest BCUT2D eigenvalue weighted by molar-refractivity contribution is -0.132. The second-order valence-corrected chi connectivity index (χ2v) is 11.2. The minimum absolute atomic E-state index is 0.0128. The summed E-state index contributed by atoms with van der Waals surface area (Å²) in [7, 11) is 0. The number of ketones is 1. The number of amides is 2. The summed E-state index contributed by atoms with van der Waals surface area (Å²) in [4.78, 5) is 42.6. The molecule has 0 bridgehead atoms. The van der Waals surface area contributed by atoms with E-state index in [4.69, 9.17) is 23.7 Å². The molecule has 2 heterocycles. The number of aryl methyl sites for hydroxylation is 2. The fourth-order valence-electron chi connectivity index (χ4n) is 5.58. The zero-order valence-corrected chi connectivity index (χ0v) is 25.9. The van der Waals surface area contributed by atoms with Crippen molar-refractivity contribution in [2.45, 2.75) is 32.2 Å². The Kier molecular flexibility index (Phi) is 11.5. The van der Waals surface area contributed by atoms with Gasteiger partial charge in [-0.25, -0.2) is 9.69 Å². The van der Waals surface area contributed by atoms with Gasteiger partial charge in [0, 0.05) is 18.6 Å². The minimum atomic E-state index is -1.22. The molecule has 1 fully saturated rings. The van der Waals surface area contributed by atoms with Gasteiger partial charge in [0.2, 0.25) is 11.7 Å². The maximum Gasteiger partial charge on any atom is 0.417 e. The normalized spacial score (nSPS) is 15.1. The molecule has 2 atom stereocenters. The Morgan fingerprint density at radius 2 is 1.63 bits per heavy atom. The van der Waals surface area contributed by atoms with Gasteiger partial charge < -0.3 is 23.7 Å². The van der Waals surface area contributed by atoms with Crippen molar-refractivity contribution in [1.82, 2.24) is 4.90 Å². The molecule has 0 aliphatic carbocycles. The number of carbonyl (C=O) groups is 3. The molecule has 3 aromatic carbocycles. The molecule has 46 heavy (non-hydrogen) atoms. The molecule has 9 heteroatoms. The maximum absolute atomic E-state index is 14.3. The quantitative estimate of drug-likeness (QED) is 0.0920. The van der Waals surface area contributed by atoms with Crippen LogP contribution in [0.1, 0.15) is 45.5 Å². The third kappa shape index (κ3) is 8.17. The number of furan rings is 1. The Morgan fingerprint density at radius 3 is 2.35 bits per heavy atom. The number of benzene rings is 3. The monoisotopic (exact) mass is 625 g/mol. The smallest absolute Gasteiger partial charge is 0.417 e. The predicted molar refractivity (Wildman–Crippen MR) is 171 cm³/mol. The van der Waals surface area contributed by atoms with E-state index in [1.54, 1.807) is 6.07 Å². The number of Topliss-reactive ketones (excluding diaryl/α,β-unsaturated/α-hetero) is 1. The Hall–Kier alpha value is -4.57. The van der Waals surface area contributed by atoms with E-state index in [0.29, 0.717) is 38.4 Å². The number of rotatable bonds is 16. The van der Waals surface area contributed by atoms with Crippen LogP contribution in [0, 0.1) is 12.8 Å². The fourth-order valence-corrected chi connectivity index (χ4v) is 5.58. The number of aliphatic hydroxyl groups excluding tert-OH is 1. The van der Waals surface area contributed by atoms with Gasteiger partial charge in [0.25, 0.3) is 0 Å². The first-order valence-corrected chi connectivity index (χ1v) is 15.5. The summed E-state index contributed by atoms with van der Waals surface area (Å²) in [6.07, 6.45) is 0.447. The molecule has 9 nitrogen and oxygen atoms in total. The number of cyclic esters (lactones) is 1. The zero-order chi connectivity index (χ0) is 32.3. The third-order valence-electron chi connectivity index (χ3n) is 7.87.